The monoisotopic (exact) mass is 428 g/mol. The molecular formula is C21H24N4O4S. The summed E-state index contributed by atoms with van der Waals surface area (Å²) in [6.07, 6.45) is 1.42. The van der Waals surface area contributed by atoms with Crippen molar-refractivity contribution in [3.8, 4) is 11.4 Å². The molecule has 3 rings (SSSR count). The lowest BCUT2D eigenvalue weighted by Gasteiger charge is -2.25. The molecule has 0 aliphatic rings. The third kappa shape index (κ3) is 5.31. The summed E-state index contributed by atoms with van der Waals surface area (Å²) in [4.78, 5) is 18.6. The van der Waals surface area contributed by atoms with E-state index in [0.29, 0.717) is 31.0 Å². The molecule has 2 aromatic carbocycles. The maximum Gasteiger partial charge on any atom is 0.238 e. The van der Waals surface area contributed by atoms with Crippen LogP contribution in [-0.2, 0) is 21.2 Å². The second-order valence-corrected chi connectivity index (χ2v) is 8.59. The van der Waals surface area contributed by atoms with Crippen molar-refractivity contribution in [1.82, 2.24) is 15.0 Å². The van der Waals surface area contributed by atoms with Gasteiger partial charge in [0.15, 0.2) is 0 Å². The maximum absolute atomic E-state index is 12.5. The van der Waals surface area contributed by atoms with Crippen LogP contribution in [0, 0.1) is 0 Å². The number of aryl methyl sites for hydroxylation is 1. The smallest absolute Gasteiger partial charge is 0.238 e. The van der Waals surface area contributed by atoms with Crippen molar-refractivity contribution in [1.29, 1.82) is 0 Å². The van der Waals surface area contributed by atoms with Gasteiger partial charge in [0.25, 0.3) is 0 Å². The molecule has 0 saturated heterocycles. The number of hydrogen-bond donors (Lipinski definition) is 1. The maximum atomic E-state index is 12.5. The van der Waals surface area contributed by atoms with Crippen molar-refractivity contribution in [2.45, 2.75) is 37.1 Å². The zero-order valence-corrected chi connectivity index (χ0v) is 17.7. The van der Waals surface area contributed by atoms with Crippen LogP contribution in [0.25, 0.3) is 11.4 Å². The van der Waals surface area contributed by atoms with Gasteiger partial charge in [-0.05, 0) is 31.0 Å². The highest BCUT2D eigenvalue weighted by molar-refractivity contribution is 7.89. The molecule has 1 aromatic heterocycles. The van der Waals surface area contributed by atoms with E-state index in [2.05, 4.69) is 10.1 Å². The first kappa shape index (κ1) is 21.7. The summed E-state index contributed by atoms with van der Waals surface area (Å²) < 4.78 is 28.0. The number of benzene rings is 2. The van der Waals surface area contributed by atoms with E-state index in [1.54, 1.807) is 24.1 Å². The van der Waals surface area contributed by atoms with E-state index in [1.165, 1.54) is 12.1 Å². The minimum atomic E-state index is -3.74. The minimum Gasteiger partial charge on any atom is -0.339 e. The number of sulfonamides is 1. The Morgan fingerprint density at radius 2 is 1.80 bits per heavy atom. The quantitative estimate of drug-likeness (QED) is 0.589. The lowest BCUT2D eigenvalue weighted by atomic mass is 10.1. The van der Waals surface area contributed by atoms with Crippen LogP contribution in [0.4, 0.5) is 0 Å². The molecule has 2 N–H and O–H groups in total. The Bertz CT molecular complexity index is 1100. The highest BCUT2D eigenvalue weighted by Crippen LogP contribution is 2.22. The summed E-state index contributed by atoms with van der Waals surface area (Å²) in [5.74, 6) is 1.00. The van der Waals surface area contributed by atoms with Crippen LogP contribution in [0.15, 0.2) is 64.0 Å². The van der Waals surface area contributed by atoms with Gasteiger partial charge in [0.05, 0.1) is 10.9 Å². The molecule has 1 heterocycles. The Morgan fingerprint density at radius 1 is 1.13 bits per heavy atom. The van der Waals surface area contributed by atoms with Gasteiger partial charge in [0.2, 0.25) is 27.6 Å². The summed E-state index contributed by atoms with van der Waals surface area (Å²) in [6, 6.07) is 15.6. The second kappa shape index (κ2) is 9.19. The Kier molecular flexibility index (Phi) is 6.63. The Balaban J connectivity index is 1.52. The van der Waals surface area contributed by atoms with E-state index in [4.69, 9.17) is 9.66 Å². The molecule has 0 fully saturated rings. The predicted molar refractivity (Wildman–Crippen MR) is 112 cm³/mol. The Hall–Kier alpha value is -3.04. The molecule has 0 aliphatic carbocycles. The number of nitrogens with two attached hydrogens (primary N) is 1. The zero-order valence-electron chi connectivity index (χ0n) is 16.9. The minimum absolute atomic E-state index is 0.0270. The van der Waals surface area contributed by atoms with E-state index in [0.717, 1.165) is 11.1 Å². The lowest BCUT2D eigenvalue weighted by molar-refractivity contribution is -0.131. The first-order valence-electron chi connectivity index (χ1n) is 9.52. The summed E-state index contributed by atoms with van der Waals surface area (Å²) in [6.45, 7) is 1.88. The predicted octanol–water partition coefficient (Wildman–Crippen LogP) is 2.93. The molecule has 0 radical (unpaired) electrons. The highest BCUT2D eigenvalue weighted by Gasteiger charge is 2.18. The number of nitrogens with zero attached hydrogens (tertiary/aromatic N) is 3. The largest absolute Gasteiger partial charge is 0.339 e. The van der Waals surface area contributed by atoms with Gasteiger partial charge in [-0.2, -0.15) is 4.98 Å². The number of hydrogen-bond acceptors (Lipinski definition) is 6. The van der Waals surface area contributed by atoms with Gasteiger partial charge in [-0.25, -0.2) is 13.6 Å². The van der Waals surface area contributed by atoms with Crippen LogP contribution >= 0.6 is 0 Å². The van der Waals surface area contributed by atoms with Crippen LogP contribution in [0.2, 0.25) is 0 Å². The van der Waals surface area contributed by atoms with Crippen LogP contribution < -0.4 is 5.14 Å². The second-order valence-electron chi connectivity index (χ2n) is 7.03. The standard InChI is InChI=1S/C21H24N4O4S/c1-15(16-11-13-18(14-12-16)30(22,27)28)25(2)20(26)10-6-9-19-23-21(24-29-19)17-7-4-3-5-8-17/h3-5,7-8,11-15H,6,9-10H2,1-2H3,(H2,22,27,28)/t15-/m0/s1. The first-order chi connectivity index (χ1) is 14.3. The van der Waals surface area contributed by atoms with Gasteiger partial charge in [0, 0.05) is 25.5 Å². The molecule has 9 heteroatoms. The SMILES string of the molecule is C[C@@H](c1ccc(S(N)(=O)=O)cc1)N(C)C(=O)CCCc1nc(-c2ccccc2)no1. The molecule has 8 nitrogen and oxygen atoms in total. The fourth-order valence-corrected chi connectivity index (χ4v) is 3.52. The normalized spacial score (nSPS) is 12.5. The molecule has 3 aromatic rings. The summed E-state index contributed by atoms with van der Waals surface area (Å²) in [7, 11) is -2.01. The molecule has 1 amide bonds. The molecular weight excluding hydrogens is 404 g/mol. The number of primary sulfonamides is 1. The molecule has 158 valence electrons. The molecule has 0 saturated carbocycles. The highest BCUT2D eigenvalue weighted by atomic mass is 32.2. The molecule has 0 spiro atoms. The molecule has 1 atom stereocenters. The Morgan fingerprint density at radius 3 is 2.43 bits per heavy atom. The number of carbonyl (C=O) groups is 1. The van der Waals surface area contributed by atoms with E-state index < -0.39 is 10.0 Å². The molecule has 0 aliphatic heterocycles. The van der Waals surface area contributed by atoms with Crippen molar-refractivity contribution in [3.05, 3.63) is 66.1 Å². The van der Waals surface area contributed by atoms with Gasteiger partial charge in [-0.1, -0.05) is 47.6 Å². The van der Waals surface area contributed by atoms with E-state index >= 15 is 0 Å². The van der Waals surface area contributed by atoms with Crippen molar-refractivity contribution in [2.24, 2.45) is 5.14 Å². The molecule has 0 bridgehead atoms. The van der Waals surface area contributed by atoms with E-state index in [9.17, 15) is 13.2 Å². The molecule has 30 heavy (non-hydrogen) atoms. The van der Waals surface area contributed by atoms with Crippen molar-refractivity contribution in [3.63, 3.8) is 0 Å². The van der Waals surface area contributed by atoms with Crippen molar-refractivity contribution < 1.29 is 17.7 Å². The average Bonchev–Trinajstić information content (AvgIpc) is 3.21. The fourth-order valence-electron chi connectivity index (χ4n) is 3.00. The third-order valence-electron chi connectivity index (χ3n) is 4.95. The van der Waals surface area contributed by atoms with E-state index in [1.807, 2.05) is 37.3 Å². The lowest BCUT2D eigenvalue weighted by Crippen LogP contribution is -2.29. The van der Waals surface area contributed by atoms with Gasteiger partial charge in [-0.15, -0.1) is 0 Å². The van der Waals surface area contributed by atoms with Crippen LogP contribution in [0.3, 0.4) is 0 Å². The van der Waals surface area contributed by atoms with Gasteiger partial charge in [-0.3, -0.25) is 4.79 Å². The Labute approximate surface area is 175 Å². The van der Waals surface area contributed by atoms with Crippen LogP contribution in [-0.4, -0.2) is 36.4 Å². The average molecular weight is 429 g/mol. The zero-order chi connectivity index (χ0) is 21.7. The van der Waals surface area contributed by atoms with Crippen molar-refractivity contribution >= 4 is 15.9 Å². The number of carbonyl (C=O) groups excluding carboxylic acids is 1. The topological polar surface area (TPSA) is 119 Å². The van der Waals surface area contributed by atoms with Gasteiger partial charge >= 0.3 is 0 Å². The first-order valence-corrected chi connectivity index (χ1v) is 11.1. The number of amides is 1. The third-order valence-corrected chi connectivity index (χ3v) is 5.88. The summed E-state index contributed by atoms with van der Waals surface area (Å²) in [5.41, 5.74) is 1.70. The van der Waals surface area contributed by atoms with Crippen LogP contribution in [0.1, 0.15) is 37.3 Å². The van der Waals surface area contributed by atoms with Gasteiger partial charge in [0.1, 0.15) is 0 Å². The molecule has 0 unspecified atom stereocenters. The summed E-state index contributed by atoms with van der Waals surface area (Å²) in [5, 5.41) is 9.10. The fraction of sp³-hybridized carbons (Fsp3) is 0.286. The van der Waals surface area contributed by atoms with Crippen LogP contribution in [0.5, 0.6) is 0 Å². The number of rotatable bonds is 8. The van der Waals surface area contributed by atoms with Gasteiger partial charge < -0.3 is 9.42 Å². The van der Waals surface area contributed by atoms with E-state index in [-0.39, 0.29) is 16.8 Å². The summed E-state index contributed by atoms with van der Waals surface area (Å²) >= 11 is 0. The van der Waals surface area contributed by atoms with Crippen molar-refractivity contribution in [2.75, 3.05) is 7.05 Å². The number of aromatic nitrogens is 2.